The predicted molar refractivity (Wildman–Crippen MR) is 312 cm³/mol. The van der Waals surface area contributed by atoms with Crippen molar-refractivity contribution in [3.8, 4) is 0 Å². The zero-order valence-electron chi connectivity index (χ0n) is 50.3. The van der Waals surface area contributed by atoms with E-state index in [1.54, 1.807) is 60.5 Å². The van der Waals surface area contributed by atoms with Gasteiger partial charge in [-0.05, 0) is 136 Å². The Morgan fingerprint density at radius 1 is 0.215 bits per heavy atom. The summed E-state index contributed by atoms with van der Waals surface area (Å²) in [5.74, 6) is 0. The van der Waals surface area contributed by atoms with Crippen LogP contribution in [-0.4, -0.2) is 109 Å². The molecule has 0 aliphatic heterocycles. The lowest BCUT2D eigenvalue weighted by Gasteiger charge is -2.35. The van der Waals surface area contributed by atoms with Gasteiger partial charge in [0.05, 0.1) is 7.05 Å². The first-order valence-electron chi connectivity index (χ1n) is 29.7. The maximum absolute atomic E-state index is 13.3. The highest BCUT2D eigenvalue weighted by Gasteiger charge is 2.36. The van der Waals surface area contributed by atoms with Gasteiger partial charge in [-0.1, -0.05) is 0 Å². The van der Waals surface area contributed by atoms with Gasteiger partial charge in [-0.25, -0.2) is 4.48 Å². The molecule has 0 aliphatic rings. The van der Waals surface area contributed by atoms with Crippen molar-refractivity contribution in [2.45, 2.75) is 152 Å². The van der Waals surface area contributed by atoms with Crippen LogP contribution >= 0.6 is 0 Å². The fourth-order valence-corrected chi connectivity index (χ4v) is 10.6. The Bertz CT molecular complexity index is 2700. The zero-order chi connectivity index (χ0) is 69.3. The fourth-order valence-electron chi connectivity index (χ4n) is 10.6. The third kappa shape index (κ3) is 28.1. The molecule has 0 spiro atoms. The first-order valence-corrected chi connectivity index (χ1v) is 29.7. The molecule has 30 heteroatoms. The van der Waals surface area contributed by atoms with Crippen molar-refractivity contribution < 1.29 is 105 Å². The second-order valence-corrected chi connectivity index (χ2v) is 22.6. The number of nitrogens with zero attached hydrogens (tertiary/aromatic N) is 6. The first kappa shape index (κ1) is 77.1. The smallest absolute Gasteiger partial charge is 0.372 e. The van der Waals surface area contributed by atoms with Gasteiger partial charge in [0, 0.05) is 180 Å². The lowest BCUT2D eigenvalue weighted by molar-refractivity contribution is -0.136. The van der Waals surface area contributed by atoms with Crippen molar-refractivity contribution in [2.24, 2.45) is 0 Å². The molecular weight excluding hydrogens is 1300 g/mol. The molecule has 0 heterocycles. The van der Waals surface area contributed by atoms with Crippen LogP contribution in [0, 0.1) is 0 Å². The van der Waals surface area contributed by atoms with Crippen molar-refractivity contribution in [2.75, 3.05) is 83.9 Å². The molecule has 0 aromatic heterocycles. The van der Waals surface area contributed by atoms with E-state index in [1.165, 1.54) is 92.4 Å². The van der Waals surface area contributed by atoms with Gasteiger partial charge in [-0.2, -0.15) is 105 Å². The molecule has 93 heavy (non-hydrogen) atoms. The molecule has 0 fully saturated rings. The molecule has 0 saturated heterocycles. The van der Waals surface area contributed by atoms with Crippen LogP contribution in [0.25, 0.3) is 0 Å². The summed E-state index contributed by atoms with van der Waals surface area (Å²) in [7, 11) is 1.67. The third-order valence-corrected chi connectivity index (χ3v) is 15.1. The van der Waals surface area contributed by atoms with Gasteiger partial charge in [0.15, 0.2) is 0 Å². The van der Waals surface area contributed by atoms with Crippen molar-refractivity contribution >= 4 is 56.9 Å². The molecule has 0 atom stereocenters. The zero-order valence-corrected chi connectivity index (χ0v) is 50.3. The summed E-state index contributed by atoms with van der Waals surface area (Å²) in [4.78, 5) is 7.08. The maximum atomic E-state index is 13.3. The molecule has 0 amide bonds. The largest absolute Gasteiger partial charge is 0.389 e. The Labute approximate surface area is 522 Å². The van der Waals surface area contributed by atoms with Crippen LogP contribution in [0.5, 0.6) is 0 Å². The van der Waals surface area contributed by atoms with Gasteiger partial charge >= 0.3 is 49.4 Å². The molecule has 5 aromatic carbocycles. The second-order valence-electron chi connectivity index (χ2n) is 22.6. The van der Waals surface area contributed by atoms with E-state index in [0.717, 1.165) is 0 Å². The summed E-state index contributed by atoms with van der Waals surface area (Å²) in [6.07, 6.45) is -50.2. The lowest BCUT2D eigenvalue weighted by atomic mass is 10.1. The summed E-state index contributed by atoms with van der Waals surface area (Å²) in [5.41, 5.74) is 3.12. The third-order valence-electron chi connectivity index (χ3n) is 15.1. The van der Waals surface area contributed by atoms with Gasteiger partial charge in [0.2, 0.25) is 0 Å². The summed E-state index contributed by atoms with van der Waals surface area (Å²) in [5, 5.41) is 0. The van der Waals surface area contributed by atoms with Crippen LogP contribution in [-0.2, 0) is 0 Å². The Morgan fingerprint density at radius 2 is 0.344 bits per heavy atom. The number of anilines is 7. The van der Waals surface area contributed by atoms with E-state index in [1.807, 2.05) is 0 Å². The van der Waals surface area contributed by atoms with Crippen LogP contribution in [0.4, 0.5) is 162 Å². The van der Waals surface area contributed by atoms with Crippen molar-refractivity contribution in [3.05, 3.63) is 121 Å². The summed E-state index contributed by atoms with van der Waals surface area (Å²) in [6, 6.07) is 30.4. The van der Waals surface area contributed by atoms with E-state index in [9.17, 15) is 105 Å². The predicted octanol–water partition coefficient (Wildman–Crippen LogP) is 22.7. The van der Waals surface area contributed by atoms with Crippen LogP contribution in [0.1, 0.15) is 103 Å². The van der Waals surface area contributed by atoms with E-state index in [2.05, 4.69) is 0 Å². The normalized spacial score (nSPS) is 13.2. The van der Waals surface area contributed by atoms with Crippen molar-refractivity contribution in [1.29, 1.82) is 0 Å². The van der Waals surface area contributed by atoms with E-state index in [0.29, 0.717) is 34.1 Å². The Hall–Kier alpha value is -6.62. The SMILES string of the molecule is C[N+](c1ccc(N(CCCC(F)(F)F)CCCC(F)(F)F)cc1)(c1ccc(N(CCCC(F)(F)F)CCCC(F)(F)F)cc1)c1ccc(N(c2ccc(N(CCCC(F)(F)F)CCCC(F)(F)F)cc2)c2ccc(N(CCCC(F)(F)F)CCCC(F)(F)F)cc2)cc1. The van der Waals surface area contributed by atoms with Gasteiger partial charge < -0.3 is 24.5 Å². The number of alkyl halides is 24. The number of halogens is 24. The molecular formula is C63H71F24N6+. The maximum Gasteiger partial charge on any atom is 0.389 e. The average molecular weight is 1370 g/mol. The molecule has 0 radical (unpaired) electrons. The molecule has 0 aliphatic carbocycles. The Morgan fingerprint density at radius 3 is 0.495 bits per heavy atom. The van der Waals surface area contributed by atoms with E-state index in [-0.39, 0.29) is 79.6 Å². The van der Waals surface area contributed by atoms with E-state index < -0.39 is 152 Å². The molecule has 6 nitrogen and oxygen atoms in total. The highest BCUT2D eigenvalue weighted by Crippen LogP contribution is 2.46. The summed E-state index contributed by atoms with van der Waals surface area (Å²) < 4.78 is 318. The standard InChI is InChI=1S/C63H71F24N6/c1-93(53-24-18-48(19-25-53)90(42-6-34-60(76,77)78)43-7-35-61(79,80)81,54-26-20-49(21-27-54)91(44-8-36-62(82,83)84)45-9-37-63(85,86)87)55-28-22-52(23-29-55)92(50-14-10-46(11-15-50)88(38-2-30-56(64,65)66)39-3-31-57(67,68)69)51-16-12-47(13-17-51)89(40-4-32-58(70,71)72)41-5-33-59(73,74)75/h10-29H,2-9,30-45H2,1H3/q+1. The number of rotatable bonds is 34. The van der Waals surface area contributed by atoms with Crippen molar-refractivity contribution in [1.82, 2.24) is 4.48 Å². The summed E-state index contributed by atoms with van der Waals surface area (Å²) >= 11 is 0. The monoisotopic (exact) mass is 1370 g/mol. The number of hydrogen-bond donors (Lipinski definition) is 0. The fraction of sp³-hybridized carbons (Fsp3) is 0.524. The highest BCUT2D eigenvalue weighted by molar-refractivity contribution is 5.81. The molecule has 5 rings (SSSR count). The molecule has 0 saturated carbocycles. The van der Waals surface area contributed by atoms with Crippen LogP contribution < -0.4 is 29.0 Å². The van der Waals surface area contributed by atoms with Gasteiger partial charge in [0.1, 0.15) is 17.1 Å². The highest BCUT2D eigenvalue weighted by atomic mass is 19.4. The van der Waals surface area contributed by atoms with Crippen LogP contribution in [0.3, 0.4) is 0 Å². The molecule has 5 aromatic rings. The molecule has 0 bridgehead atoms. The molecule has 0 unspecified atom stereocenters. The number of benzene rings is 5. The number of hydrogen-bond acceptors (Lipinski definition) is 5. The minimum atomic E-state index is -4.57. The van der Waals surface area contributed by atoms with Gasteiger partial charge in [-0.15, -0.1) is 0 Å². The first-order chi connectivity index (χ1) is 43.0. The quantitative estimate of drug-likeness (QED) is 0.0300. The molecule has 0 N–H and O–H groups in total. The van der Waals surface area contributed by atoms with Gasteiger partial charge in [0.25, 0.3) is 0 Å². The molecule has 520 valence electrons. The van der Waals surface area contributed by atoms with Crippen LogP contribution in [0.15, 0.2) is 121 Å². The minimum absolute atomic E-state index is 0.240. The van der Waals surface area contributed by atoms with E-state index >= 15 is 0 Å². The second kappa shape index (κ2) is 32.7. The topological polar surface area (TPSA) is 16.2 Å². The average Bonchev–Trinajstić information content (AvgIpc) is 0.766. The number of quaternary nitrogens is 1. The lowest BCUT2D eigenvalue weighted by Crippen LogP contribution is -2.34. The van der Waals surface area contributed by atoms with Gasteiger partial charge in [-0.3, -0.25) is 0 Å². The summed E-state index contributed by atoms with van der Waals surface area (Å²) in [6.45, 7) is -2.34. The van der Waals surface area contributed by atoms with Crippen molar-refractivity contribution in [3.63, 3.8) is 0 Å². The minimum Gasteiger partial charge on any atom is -0.372 e. The Kier molecular flexibility index (Phi) is 27.1. The van der Waals surface area contributed by atoms with E-state index in [4.69, 9.17) is 0 Å². The van der Waals surface area contributed by atoms with Crippen LogP contribution in [0.2, 0.25) is 0 Å². The Balaban J connectivity index is 1.67.